The van der Waals surface area contributed by atoms with Crippen molar-refractivity contribution in [2.45, 2.75) is 45.8 Å². The predicted molar refractivity (Wildman–Crippen MR) is 133 cm³/mol. The molecular weight excluding hydrogens is 481 g/mol. The Morgan fingerprint density at radius 1 is 1.00 bits per heavy atom. The zero-order chi connectivity index (χ0) is 25.3. The van der Waals surface area contributed by atoms with Crippen LogP contribution in [0.1, 0.15) is 33.3 Å². The molecule has 3 N–H and O–H groups in total. The molecule has 0 spiro atoms. The molecule has 1 atom stereocenters. The van der Waals surface area contributed by atoms with Gasteiger partial charge in [-0.25, -0.2) is 4.79 Å². The van der Waals surface area contributed by atoms with Gasteiger partial charge in [0.15, 0.2) is 0 Å². The molecule has 34 heavy (non-hydrogen) atoms. The van der Waals surface area contributed by atoms with Crippen LogP contribution in [-0.4, -0.2) is 42.8 Å². The molecule has 0 bridgehead atoms. The number of amides is 2. The van der Waals surface area contributed by atoms with Crippen LogP contribution in [0.3, 0.4) is 0 Å². The molecule has 8 nitrogen and oxygen atoms in total. The maximum Gasteiger partial charge on any atom is 0.408 e. The summed E-state index contributed by atoms with van der Waals surface area (Å²) in [5.74, 6) is -0.895. The fourth-order valence-corrected chi connectivity index (χ4v) is 3.30. The van der Waals surface area contributed by atoms with Gasteiger partial charge < -0.3 is 25.4 Å². The summed E-state index contributed by atoms with van der Waals surface area (Å²) in [5, 5.41) is 9.09. The molecule has 0 aliphatic rings. The van der Waals surface area contributed by atoms with Crippen LogP contribution in [0.15, 0.2) is 42.5 Å². The number of nitrogens with one attached hydrogen (secondary N) is 3. The molecule has 2 amide bonds. The van der Waals surface area contributed by atoms with Crippen molar-refractivity contribution in [3.05, 3.63) is 58.1 Å². The Labute approximate surface area is 209 Å². The lowest BCUT2D eigenvalue weighted by atomic mass is 10.1. The highest BCUT2D eigenvalue weighted by atomic mass is 35.5. The normalized spacial score (nSPS) is 11.8. The van der Waals surface area contributed by atoms with Gasteiger partial charge in [-0.3, -0.25) is 9.59 Å². The van der Waals surface area contributed by atoms with E-state index in [1.807, 2.05) is 18.2 Å². The van der Waals surface area contributed by atoms with Gasteiger partial charge in [0.1, 0.15) is 18.8 Å². The van der Waals surface area contributed by atoms with Crippen LogP contribution in [0.4, 0.5) is 16.2 Å². The lowest BCUT2D eigenvalue weighted by Gasteiger charge is -2.20. The Morgan fingerprint density at radius 2 is 1.65 bits per heavy atom. The smallest absolute Gasteiger partial charge is 0.408 e. The maximum atomic E-state index is 12.4. The quantitative estimate of drug-likeness (QED) is 0.417. The molecule has 0 radical (unpaired) electrons. The number of para-hydroxylation sites is 2. The van der Waals surface area contributed by atoms with Crippen molar-refractivity contribution in [1.29, 1.82) is 0 Å². The van der Waals surface area contributed by atoms with Crippen LogP contribution in [0.5, 0.6) is 0 Å². The summed E-state index contributed by atoms with van der Waals surface area (Å²) >= 11 is 12.5. The highest BCUT2D eigenvalue weighted by Crippen LogP contribution is 2.33. The molecule has 184 valence electrons. The average Bonchev–Trinajstić information content (AvgIpc) is 2.73. The highest BCUT2D eigenvalue weighted by Gasteiger charge is 2.18. The number of esters is 1. The summed E-state index contributed by atoms with van der Waals surface area (Å²) in [7, 11) is 0. The van der Waals surface area contributed by atoms with Crippen molar-refractivity contribution >= 4 is 52.5 Å². The molecule has 0 heterocycles. The third-order valence-corrected chi connectivity index (χ3v) is 4.90. The van der Waals surface area contributed by atoms with Crippen LogP contribution in [-0.2, 0) is 25.5 Å². The van der Waals surface area contributed by atoms with Crippen molar-refractivity contribution in [3.63, 3.8) is 0 Å². The Bertz CT molecular complexity index is 1000. The predicted octanol–water partition coefficient (Wildman–Crippen LogP) is 4.85. The van der Waals surface area contributed by atoms with Crippen molar-refractivity contribution in [2.24, 2.45) is 0 Å². The van der Waals surface area contributed by atoms with Gasteiger partial charge >= 0.3 is 12.1 Å². The summed E-state index contributed by atoms with van der Waals surface area (Å²) in [4.78, 5) is 36.0. The summed E-state index contributed by atoms with van der Waals surface area (Å²) in [5.41, 5.74) is 1.25. The molecule has 0 aromatic heterocycles. The number of carbonyl (C=O) groups is 3. The minimum absolute atomic E-state index is 0.00606. The molecule has 2 aromatic carbocycles. The van der Waals surface area contributed by atoms with E-state index in [0.717, 1.165) is 0 Å². The van der Waals surface area contributed by atoms with Gasteiger partial charge in [0.2, 0.25) is 5.91 Å². The number of rotatable bonds is 9. The Morgan fingerprint density at radius 3 is 2.29 bits per heavy atom. The van der Waals surface area contributed by atoms with Crippen molar-refractivity contribution in [3.8, 4) is 0 Å². The van der Waals surface area contributed by atoms with E-state index < -0.39 is 29.6 Å². The number of hydrogen-bond donors (Lipinski definition) is 3. The highest BCUT2D eigenvalue weighted by molar-refractivity contribution is 6.39. The minimum atomic E-state index is -0.688. The first-order valence-corrected chi connectivity index (χ1v) is 11.4. The maximum absolute atomic E-state index is 12.4. The van der Waals surface area contributed by atoms with Gasteiger partial charge in [-0.15, -0.1) is 0 Å². The first-order valence-electron chi connectivity index (χ1n) is 10.7. The zero-order valence-electron chi connectivity index (χ0n) is 19.5. The number of carbonyl (C=O) groups excluding carboxylic acids is 3. The van der Waals surface area contributed by atoms with E-state index in [1.165, 1.54) is 0 Å². The van der Waals surface area contributed by atoms with E-state index in [-0.39, 0.29) is 19.6 Å². The Balaban J connectivity index is 1.83. The Hall–Kier alpha value is -2.97. The molecule has 2 aromatic rings. The topological polar surface area (TPSA) is 106 Å². The number of halogens is 2. The van der Waals surface area contributed by atoms with Crippen LogP contribution in [0.25, 0.3) is 0 Å². The van der Waals surface area contributed by atoms with E-state index >= 15 is 0 Å². The lowest BCUT2D eigenvalue weighted by Crippen LogP contribution is -2.44. The van der Waals surface area contributed by atoms with Gasteiger partial charge in [-0.1, -0.05) is 47.5 Å². The first kappa shape index (κ1) is 27.3. The van der Waals surface area contributed by atoms with Gasteiger partial charge in [0, 0.05) is 5.69 Å². The van der Waals surface area contributed by atoms with Crippen molar-refractivity contribution in [2.75, 3.05) is 18.5 Å². The lowest BCUT2D eigenvalue weighted by molar-refractivity contribution is -0.144. The van der Waals surface area contributed by atoms with Gasteiger partial charge in [-0.2, -0.15) is 0 Å². The number of hydrogen-bond acceptors (Lipinski definition) is 6. The van der Waals surface area contributed by atoms with Crippen LogP contribution in [0.2, 0.25) is 10.0 Å². The second-order valence-corrected chi connectivity index (χ2v) is 9.38. The van der Waals surface area contributed by atoms with E-state index in [9.17, 15) is 14.4 Å². The molecule has 2 rings (SSSR count). The Kier molecular flexibility index (Phi) is 10.0. The first-order chi connectivity index (χ1) is 15.9. The fourth-order valence-electron chi connectivity index (χ4n) is 2.81. The standard InChI is InChI=1S/C24H29Cl2N3O5/c1-15(28-20(30)13-27-23(32)34-24(2,3)4)14-33-21(31)12-16-8-5-6-11-19(16)29-22-17(25)9-7-10-18(22)26/h5-11,15,29H,12-14H2,1-4H3,(H,27,32)(H,28,30). The van der Waals surface area contributed by atoms with E-state index in [0.29, 0.717) is 27.0 Å². The third-order valence-electron chi connectivity index (χ3n) is 4.27. The van der Waals surface area contributed by atoms with Crippen LogP contribution >= 0.6 is 23.2 Å². The van der Waals surface area contributed by atoms with Crippen molar-refractivity contribution in [1.82, 2.24) is 10.6 Å². The van der Waals surface area contributed by atoms with Gasteiger partial charge in [0.25, 0.3) is 0 Å². The molecule has 1 unspecified atom stereocenters. The fraction of sp³-hybridized carbons (Fsp3) is 0.375. The largest absolute Gasteiger partial charge is 0.463 e. The summed E-state index contributed by atoms with van der Waals surface area (Å²) in [6.45, 7) is 6.59. The van der Waals surface area contributed by atoms with E-state index in [2.05, 4.69) is 16.0 Å². The zero-order valence-corrected chi connectivity index (χ0v) is 21.0. The number of ether oxygens (including phenoxy) is 2. The van der Waals surface area contributed by atoms with Crippen LogP contribution in [0, 0.1) is 0 Å². The third kappa shape index (κ3) is 9.49. The molecular formula is C24H29Cl2N3O5. The summed E-state index contributed by atoms with van der Waals surface area (Å²) < 4.78 is 10.4. The molecule has 0 aliphatic heterocycles. The van der Waals surface area contributed by atoms with Gasteiger partial charge in [0.05, 0.1) is 28.2 Å². The molecule has 0 saturated carbocycles. The number of benzene rings is 2. The average molecular weight is 510 g/mol. The summed E-state index contributed by atoms with van der Waals surface area (Å²) in [6, 6.07) is 12.0. The summed E-state index contributed by atoms with van der Waals surface area (Å²) in [6.07, 6.45) is -0.682. The SMILES string of the molecule is CC(COC(=O)Cc1ccccc1Nc1c(Cl)cccc1Cl)NC(=O)CNC(=O)OC(C)(C)C. The second kappa shape index (κ2) is 12.5. The van der Waals surface area contributed by atoms with E-state index in [1.54, 1.807) is 52.0 Å². The second-order valence-electron chi connectivity index (χ2n) is 8.56. The monoisotopic (exact) mass is 509 g/mol. The minimum Gasteiger partial charge on any atom is -0.463 e. The van der Waals surface area contributed by atoms with E-state index in [4.69, 9.17) is 32.7 Å². The molecule has 10 heteroatoms. The molecule has 0 saturated heterocycles. The number of anilines is 2. The molecule has 0 fully saturated rings. The van der Waals surface area contributed by atoms with Crippen molar-refractivity contribution < 1.29 is 23.9 Å². The van der Waals surface area contributed by atoms with Crippen LogP contribution < -0.4 is 16.0 Å². The number of alkyl carbamates (subject to hydrolysis) is 1. The van der Waals surface area contributed by atoms with Gasteiger partial charge in [-0.05, 0) is 51.5 Å². The molecule has 0 aliphatic carbocycles.